The summed E-state index contributed by atoms with van der Waals surface area (Å²) < 4.78 is 10.7. The minimum absolute atomic E-state index is 0.0675. The quantitative estimate of drug-likeness (QED) is 0.538. The molecule has 0 saturated heterocycles. The Morgan fingerprint density at radius 1 is 1.07 bits per heavy atom. The molecule has 0 spiro atoms. The molecule has 0 aromatic heterocycles. The van der Waals surface area contributed by atoms with Crippen LogP contribution in [0.25, 0.3) is 0 Å². The predicted octanol–water partition coefficient (Wildman–Crippen LogP) is 0.951. The molecular weight excluding hydrogens is 196 g/mol. The van der Waals surface area contributed by atoms with E-state index in [0.29, 0.717) is 19.8 Å². The minimum Gasteiger partial charge on any atom is -0.396 e. The number of aliphatic hydroxyl groups excluding tert-OH is 2. The molecule has 0 aromatic carbocycles. The lowest BCUT2D eigenvalue weighted by atomic mass is 10.2. The number of rotatable bonds is 10. The Bertz CT molecular complexity index is 128. The van der Waals surface area contributed by atoms with E-state index in [9.17, 15) is 0 Å². The average Bonchev–Trinajstić information content (AvgIpc) is 2.17. The van der Waals surface area contributed by atoms with Crippen molar-refractivity contribution in [3.63, 3.8) is 0 Å². The van der Waals surface area contributed by atoms with Gasteiger partial charge in [0.15, 0.2) is 0 Å². The van der Waals surface area contributed by atoms with Gasteiger partial charge in [0, 0.05) is 13.2 Å². The van der Waals surface area contributed by atoms with Crippen molar-refractivity contribution in [2.45, 2.75) is 45.3 Å². The molecule has 0 rings (SSSR count). The van der Waals surface area contributed by atoms with Crippen LogP contribution in [-0.4, -0.2) is 48.8 Å². The molecular formula is C11H24O4. The topological polar surface area (TPSA) is 58.9 Å². The zero-order valence-corrected chi connectivity index (χ0v) is 9.82. The van der Waals surface area contributed by atoms with Crippen molar-refractivity contribution >= 4 is 0 Å². The maximum Gasteiger partial charge on any atom is 0.0780 e. The van der Waals surface area contributed by atoms with Gasteiger partial charge in [-0.25, -0.2) is 0 Å². The summed E-state index contributed by atoms with van der Waals surface area (Å²) in [6.07, 6.45) is 2.47. The molecule has 0 amide bonds. The van der Waals surface area contributed by atoms with E-state index in [-0.39, 0.29) is 12.7 Å². The molecule has 4 heteroatoms. The number of aliphatic hydroxyl groups is 2. The molecule has 0 saturated carbocycles. The molecule has 0 heterocycles. The zero-order chi connectivity index (χ0) is 11.5. The smallest absolute Gasteiger partial charge is 0.0780 e. The Morgan fingerprint density at radius 2 is 1.80 bits per heavy atom. The van der Waals surface area contributed by atoms with E-state index >= 15 is 0 Å². The molecule has 0 aliphatic carbocycles. The van der Waals surface area contributed by atoms with E-state index in [0.717, 1.165) is 19.3 Å². The van der Waals surface area contributed by atoms with Gasteiger partial charge in [-0.3, -0.25) is 0 Å². The fraction of sp³-hybridized carbons (Fsp3) is 1.00. The molecule has 0 radical (unpaired) electrons. The van der Waals surface area contributed by atoms with E-state index in [4.69, 9.17) is 19.7 Å². The van der Waals surface area contributed by atoms with Gasteiger partial charge in [-0.05, 0) is 33.1 Å². The first-order valence-corrected chi connectivity index (χ1v) is 5.65. The van der Waals surface area contributed by atoms with Crippen LogP contribution in [0.1, 0.15) is 33.1 Å². The van der Waals surface area contributed by atoms with Gasteiger partial charge in [-0.2, -0.15) is 0 Å². The second kappa shape index (κ2) is 10.4. The highest BCUT2D eigenvalue weighted by atomic mass is 16.5. The van der Waals surface area contributed by atoms with Gasteiger partial charge in [0.2, 0.25) is 0 Å². The van der Waals surface area contributed by atoms with Gasteiger partial charge in [0.05, 0.1) is 25.4 Å². The highest BCUT2D eigenvalue weighted by Gasteiger charge is 2.03. The van der Waals surface area contributed by atoms with Gasteiger partial charge in [-0.15, -0.1) is 0 Å². The second-order valence-corrected chi connectivity index (χ2v) is 3.85. The maximum atomic E-state index is 8.95. The number of hydrogen-bond donors (Lipinski definition) is 2. The third-order valence-corrected chi connectivity index (χ3v) is 1.92. The minimum atomic E-state index is -0.415. The first-order valence-electron chi connectivity index (χ1n) is 5.65. The number of ether oxygens (including phenoxy) is 2. The molecule has 0 aromatic rings. The van der Waals surface area contributed by atoms with Gasteiger partial charge < -0.3 is 19.7 Å². The standard InChI is InChI=1S/C11H24O4/c1-10(13)8-14-9-11(2)15-7-5-3-4-6-12/h10-13H,3-9H2,1-2H3. The summed E-state index contributed by atoms with van der Waals surface area (Å²) in [5.41, 5.74) is 0. The summed E-state index contributed by atoms with van der Waals surface area (Å²) in [5.74, 6) is 0. The Balaban J connectivity index is 3.15. The summed E-state index contributed by atoms with van der Waals surface area (Å²) in [7, 11) is 0. The van der Waals surface area contributed by atoms with Gasteiger partial charge in [-0.1, -0.05) is 0 Å². The summed E-state index contributed by atoms with van der Waals surface area (Å²) in [4.78, 5) is 0. The Kier molecular flexibility index (Phi) is 10.3. The monoisotopic (exact) mass is 220 g/mol. The lowest BCUT2D eigenvalue weighted by molar-refractivity contribution is -0.0292. The largest absolute Gasteiger partial charge is 0.396 e. The molecule has 92 valence electrons. The normalized spacial score (nSPS) is 15.2. The average molecular weight is 220 g/mol. The summed E-state index contributed by atoms with van der Waals surface area (Å²) in [6.45, 7) is 5.49. The lowest BCUT2D eigenvalue weighted by Gasteiger charge is -2.14. The van der Waals surface area contributed by atoms with Crippen molar-refractivity contribution in [1.82, 2.24) is 0 Å². The SMILES string of the molecule is CC(O)COCC(C)OCCCCCO. The van der Waals surface area contributed by atoms with Crippen molar-refractivity contribution in [1.29, 1.82) is 0 Å². The highest BCUT2D eigenvalue weighted by molar-refractivity contribution is 4.50. The molecule has 0 bridgehead atoms. The van der Waals surface area contributed by atoms with Crippen LogP contribution in [0.3, 0.4) is 0 Å². The van der Waals surface area contributed by atoms with Crippen LogP contribution in [0.2, 0.25) is 0 Å². The van der Waals surface area contributed by atoms with E-state index in [1.165, 1.54) is 0 Å². The van der Waals surface area contributed by atoms with Crippen molar-refractivity contribution in [2.75, 3.05) is 26.4 Å². The number of hydrogen-bond acceptors (Lipinski definition) is 4. The van der Waals surface area contributed by atoms with Crippen molar-refractivity contribution in [3.8, 4) is 0 Å². The van der Waals surface area contributed by atoms with Crippen LogP contribution < -0.4 is 0 Å². The van der Waals surface area contributed by atoms with E-state index in [1.54, 1.807) is 6.92 Å². The maximum absolute atomic E-state index is 8.95. The molecule has 2 unspecified atom stereocenters. The van der Waals surface area contributed by atoms with Crippen LogP contribution in [0.15, 0.2) is 0 Å². The van der Waals surface area contributed by atoms with Crippen molar-refractivity contribution < 1.29 is 19.7 Å². The molecule has 15 heavy (non-hydrogen) atoms. The molecule has 2 atom stereocenters. The van der Waals surface area contributed by atoms with E-state index < -0.39 is 6.10 Å². The summed E-state index contributed by atoms with van der Waals surface area (Å²) >= 11 is 0. The second-order valence-electron chi connectivity index (χ2n) is 3.85. The zero-order valence-electron chi connectivity index (χ0n) is 9.82. The van der Waals surface area contributed by atoms with Crippen LogP contribution in [0.5, 0.6) is 0 Å². The lowest BCUT2D eigenvalue weighted by Crippen LogP contribution is -2.20. The first kappa shape index (κ1) is 14.8. The summed E-state index contributed by atoms with van der Waals surface area (Å²) in [6, 6.07) is 0. The molecule has 4 nitrogen and oxygen atoms in total. The van der Waals surface area contributed by atoms with E-state index in [1.807, 2.05) is 6.92 Å². The predicted molar refractivity (Wildman–Crippen MR) is 58.9 cm³/mol. The van der Waals surface area contributed by atoms with Crippen LogP contribution in [0, 0.1) is 0 Å². The Hall–Kier alpha value is -0.160. The van der Waals surface area contributed by atoms with Gasteiger partial charge >= 0.3 is 0 Å². The van der Waals surface area contributed by atoms with Crippen molar-refractivity contribution in [3.05, 3.63) is 0 Å². The molecule has 0 aliphatic heterocycles. The third-order valence-electron chi connectivity index (χ3n) is 1.92. The fourth-order valence-corrected chi connectivity index (χ4v) is 1.13. The van der Waals surface area contributed by atoms with Crippen LogP contribution >= 0.6 is 0 Å². The third kappa shape index (κ3) is 11.8. The molecule has 2 N–H and O–H groups in total. The van der Waals surface area contributed by atoms with Gasteiger partial charge in [0.1, 0.15) is 0 Å². The molecule has 0 aliphatic rings. The van der Waals surface area contributed by atoms with Crippen LogP contribution in [0.4, 0.5) is 0 Å². The Labute approximate surface area is 92.2 Å². The molecule has 0 fully saturated rings. The van der Waals surface area contributed by atoms with Crippen LogP contribution in [-0.2, 0) is 9.47 Å². The van der Waals surface area contributed by atoms with Crippen molar-refractivity contribution in [2.24, 2.45) is 0 Å². The fourth-order valence-electron chi connectivity index (χ4n) is 1.13. The van der Waals surface area contributed by atoms with Gasteiger partial charge in [0.25, 0.3) is 0 Å². The number of unbranched alkanes of at least 4 members (excludes halogenated alkanes) is 2. The van der Waals surface area contributed by atoms with E-state index in [2.05, 4.69) is 0 Å². The Morgan fingerprint density at radius 3 is 2.40 bits per heavy atom. The first-order chi connectivity index (χ1) is 7.16. The summed E-state index contributed by atoms with van der Waals surface area (Å²) in [5, 5.41) is 17.5. The highest BCUT2D eigenvalue weighted by Crippen LogP contribution is 1.99.